The van der Waals surface area contributed by atoms with Gasteiger partial charge in [-0.15, -0.1) is 0 Å². The van der Waals surface area contributed by atoms with Crippen LogP contribution in [0.15, 0.2) is 65.6 Å². The minimum absolute atomic E-state index is 0.148. The number of hydrogen-bond acceptors (Lipinski definition) is 4. The zero-order chi connectivity index (χ0) is 17.6. The van der Waals surface area contributed by atoms with Gasteiger partial charge in [0.15, 0.2) is 0 Å². The average molecular weight is 337 g/mol. The fraction of sp³-hybridized carbons (Fsp3) is 0.211. The molecule has 0 saturated heterocycles. The van der Waals surface area contributed by atoms with Crippen molar-refractivity contribution in [3.05, 3.63) is 76.7 Å². The smallest absolute Gasteiger partial charge is 0.275 e. The number of aliphatic hydroxyl groups is 1. The van der Waals surface area contributed by atoms with Gasteiger partial charge in [0, 0.05) is 11.9 Å². The molecule has 3 aromatic rings. The summed E-state index contributed by atoms with van der Waals surface area (Å²) in [4.78, 5) is 24.3. The average Bonchev–Trinajstić information content (AvgIpc) is 2.65. The molecule has 0 fully saturated rings. The first-order chi connectivity index (χ1) is 12.1. The van der Waals surface area contributed by atoms with Gasteiger partial charge >= 0.3 is 0 Å². The van der Waals surface area contributed by atoms with Crippen molar-refractivity contribution in [2.45, 2.75) is 19.1 Å². The number of carbonyl (C=O) groups is 1. The number of amides is 1. The largest absolute Gasteiger partial charge is 0.388 e. The Balaban J connectivity index is 1.56. The second-order valence-electron chi connectivity index (χ2n) is 5.76. The lowest BCUT2D eigenvalue weighted by atomic mass is 10.1. The quantitative estimate of drug-likeness (QED) is 0.716. The number of nitrogens with zero attached hydrogens (tertiary/aromatic N) is 2. The number of carbonyl (C=O) groups excluding carboxylic acids is 1. The van der Waals surface area contributed by atoms with Gasteiger partial charge in [-0.1, -0.05) is 48.5 Å². The molecule has 25 heavy (non-hydrogen) atoms. The van der Waals surface area contributed by atoms with Crippen LogP contribution in [0.25, 0.3) is 10.8 Å². The molecule has 1 heterocycles. The minimum Gasteiger partial charge on any atom is -0.388 e. The molecule has 6 nitrogen and oxygen atoms in total. The summed E-state index contributed by atoms with van der Waals surface area (Å²) in [5, 5.41) is 18.1. The van der Waals surface area contributed by atoms with Crippen molar-refractivity contribution in [1.29, 1.82) is 0 Å². The highest BCUT2D eigenvalue weighted by Gasteiger charge is 2.10. The Morgan fingerprint density at radius 2 is 1.84 bits per heavy atom. The molecule has 0 radical (unpaired) electrons. The zero-order valence-electron chi connectivity index (χ0n) is 13.6. The molecule has 0 saturated carbocycles. The Bertz CT molecular complexity index is 922. The lowest BCUT2D eigenvalue weighted by Gasteiger charge is -2.12. The maximum atomic E-state index is 12.3. The highest BCUT2D eigenvalue weighted by atomic mass is 16.3. The summed E-state index contributed by atoms with van der Waals surface area (Å²) in [5.41, 5.74) is 0.515. The first-order valence-electron chi connectivity index (χ1n) is 8.10. The van der Waals surface area contributed by atoms with Crippen LogP contribution in [-0.4, -0.2) is 27.3 Å². The van der Waals surface area contributed by atoms with Crippen molar-refractivity contribution in [3.63, 3.8) is 0 Å². The molecule has 2 aromatic carbocycles. The number of benzene rings is 2. The fourth-order valence-electron chi connectivity index (χ4n) is 2.62. The summed E-state index contributed by atoms with van der Waals surface area (Å²) in [5.74, 6) is -0.315. The predicted octanol–water partition coefficient (Wildman–Crippen LogP) is 1.64. The summed E-state index contributed by atoms with van der Waals surface area (Å²) in [7, 11) is 0. The lowest BCUT2D eigenvalue weighted by Crippen LogP contribution is -2.34. The molecule has 128 valence electrons. The van der Waals surface area contributed by atoms with Crippen LogP contribution < -0.4 is 10.9 Å². The van der Waals surface area contributed by atoms with Crippen LogP contribution in [0.1, 0.15) is 18.1 Å². The highest BCUT2D eigenvalue weighted by molar-refractivity contribution is 5.81. The van der Waals surface area contributed by atoms with E-state index in [2.05, 4.69) is 10.4 Å². The molecule has 3 rings (SSSR count). The summed E-state index contributed by atoms with van der Waals surface area (Å²) < 4.78 is 1.14. The summed E-state index contributed by atoms with van der Waals surface area (Å²) >= 11 is 0. The molecule has 1 amide bonds. The summed E-state index contributed by atoms with van der Waals surface area (Å²) in [6, 6.07) is 16.4. The topological polar surface area (TPSA) is 84.2 Å². The maximum absolute atomic E-state index is 12.3. The number of aliphatic hydroxyl groups excluding tert-OH is 1. The molecule has 0 aliphatic carbocycles. The second kappa shape index (κ2) is 7.72. The Labute approximate surface area is 144 Å². The molecule has 0 bridgehead atoms. The van der Waals surface area contributed by atoms with E-state index in [0.717, 1.165) is 15.6 Å². The number of hydrogen-bond donors (Lipinski definition) is 2. The van der Waals surface area contributed by atoms with Gasteiger partial charge in [0.2, 0.25) is 5.91 Å². The summed E-state index contributed by atoms with van der Waals surface area (Å²) in [6.45, 7) is 0.169. The van der Waals surface area contributed by atoms with E-state index < -0.39 is 6.10 Å². The Kier molecular flexibility index (Phi) is 5.20. The van der Waals surface area contributed by atoms with Gasteiger partial charge in [-0.05, 0) is 18.1 Å². The van der Waals surface area contributed by atoms with Gasteiger partial charge in [0.25, 0.3) is 5.56 Å². The second-order valence-corrected chi connectivity index (χ2v) is 5.76. The van der Waals surface area contributed by atoms with Gasteiger partial charge in [-0.2, -0.15) is 5.10 Å². The number of rotatable bonds is 6. The van der Waals surface area contributed by atoms with Crippen LogP contribution in [-0.2, 0) is 11.3 Å². The van der Waals surface area contributed by atoms with E-state index in [9.17, 15) is 14.7 Å². The van der Waals surface area contributed by atoms with Crippen LogP contribution >= 0.6 is 0 Å². The molecule has 2 N–H and O–H groups in total. The number of fused-ring (bicyclic) bond motifs is 1. The predicted molar refractivity (Wildman–Crippen MR) is 95.0 cm³/mol. The molecule has 6 heteroatoms. The maximum Gasteiger partial charge on any atom is 0.275 e. The van der Waals surface area contributed by atoms with E-state index in [-0.39, 0.29) is 18.0 Å². The molecule has 0 aliphatic heterocycles. The standard InChI is InChI=1S/C19H19N3O3/c23-17(14-6-2-1-3-7-14)10-11-20-18(24)13-22-19(25)16-9-5-4-8-15(16)12-21-22/h1-9,12,17,23H,10-11,13H2,(H,20,24). The fourth-order valence-corrected chi connectivity index (χ4v) is 2.62. The van der Waals surface area contributed by atoms with Crippen molar-refractivity contribution in [2.75, 3.05) is 6.54 Å². The monoisotopic (exact) mass is 337 g/mol. The van der Waals surface area contributed by atoms with Crippen molar-refractivity contribution < 1.29 is 9.90 Å². The van der Waals surface area contributed by atoms with Gasteiger partial charge in [-0.3, -0.25) is 9.59 Å². The minimum atomic E-state index is -0.636. The van der Waals surface area contributed by atoms with E-state index in [1.54, 1.807) is 24.4 Å². The molecule has 1 atom stereocenters. The van der Waals surface area contributed by atoms with Gasteiger partial charge in [-0.25, -0.2) is 4.68 Å². The van der Waals surface area contributed by atoms with Gasteiger partial charge in [0.1, 0.15) is 6.54 Å². The molecule has 0 aliphatic rings. The zero-order valence-corrected chi connectivity index (χ0v) is 13.6. The molecular formula is C19H19N3O3. The van der Waals surface area contributed by atoms with Crippen LogP contribution in [0.2, 0.25) is 0 Å². The van der Waals surface area contributed by atoms with E-state index in [1.807, 2.05) is 36.4 Å². The van der Waals surface area contributed by atoms with Gasteiger partial charge in [0.05, 0.1) is 17.7 Å². The number of nitrogens with one attached hydrogen (secondary N) is 1. The first kappa shape index (κ1) is 16.9. The van der Waals surface area contributed by atoms with E-state index >= 15 is 0 Å². The Hall–Kier alpha value is -2.99. The normalized spacial score (nSPS) is 12.0. The third-order valence-electron chi connectivity index (χ3n) is 3.98. The van der Waals surface area contributed by atoms with Gasteiger partial charge < -0.3 is 10.4 Å². The molecule has 1 unspecified atom stereocenters. The van der Waals surface area contributed by atoms with E-state index in [4.69, 9.17) is 0 Å². The van der Waals surface area contributed by atoms with Crippen LogP contribution in [0.3, 0.4) is 0 Å². The number of aromatic nitrogens is 2. The third-order valence-corrected chi connectivity index (χ3v) is 3.98. The first-order valence-corrected chi connectivity index (χ1v) is 8.10. The van der Waals surface area contributed by atoms with Crippen molar-refractivity contribution in [2.24, 2.45) is 0 Å². The van der Waals surface area contributed by atoms with Crippen molar-refractivity contribution in [3.8, 4) is 0 Å². The van der Waals surface area contributed by atoms with E-state index in [0.29, 0.717) is 18.4 Å². The molecule has 0 spiro atoms. The highest BCUT2D eigenvalue weighted by Crippen LogP contribution is 2.14. The third kappa shape index (κ3) is 4.10. The molecular weight excluding hydrogens is 318 g/mol. The van der Waals surface area contributed by atoms with Crippen molar-refractivity contribution in [1.82, 2.24) is 15.1 Å². The van der Waals surface area contributed by atoms with Crippen LogP contribution in [0.5, 0.6) is 0 Å². The Morgan fingerprint density at radius 1 is 1.12 bits per heavy atom. The summed E-state index contributed by atoms with van der Waals surface area (Å²) in [6.07, 6.45) is 1.34. The van der Waals surface area contributed by atoms with Crippen LogP contribution in [0.4, 0.5) is 0 Å². The van der Waals surface area contributed by atoms with E-state index in [1.165, 1.54) is 0 Å². The van der Waals surface area contributed by atoms with Crippen LogP contribution in [0, 0.1) is 0 Å². The van der Waals surface area contributed by atoms with Crippen molar-refractivity contribution >= 4 is 16.7 Å². The lowest BCUT2D eigenvalue weighted by molar-refractivity contribution is -0.122. The Morgan fingerprint density at radius 3 is 2.64 bits per heavy atom. The SMILES string of the molecule is O=C(Cn1ncc2ccccc2c1=O)NCCC(O)c1ccccc1. The molecule has 1 aromatic heterocycles.